The van der Waals surface area contributed by atoms with Gasteiger partial charge in [0, 0.05) is 12.8 Å². The first-order chi connectivity index (χ1) is 18.1. The summed E-state index contributed by atoms with van der Waals surface area (Å²) >= 11 is 6.52. The van der Waals surface area contributed by atoms with Crippen molar-refractivity contribution >= 4 is 29.2 Å². The number of piperidine rings is 1. The van der Waals surface area contributed by atoms with E-state index in [1.54, 1.807) is 17.1 Å². The van der Waals surface area contributed by atoms with E-state index in [-0.39, 0.29) is 30.4 Å². The van der Waals surface area contributed by atoms with Crippen LogP contribution in [0.25, 0.3) is 5.69 Å². The van der Waals surface area contributed by atoms with Crippen LogP contribution >= 0.6 is 11.6 Å². The Labute approximate surface area is 217 Å². The van der Waals surface area contributed by atoms with Crippen LogP contribution in [0.5, 0.6) is 11.6 Å². The third kappa shape index (κ3) is 4.98. The van der Waals surface area contributed by atoms with Gasteiger partial charge in [0.05, 0.1) is 48.8 Å². The first kappa shape index (κ1) is 23.7. The van der Waals surface area contributed by atoms with Gasteiger partial charge in [-0.3, -0.25) is 4.90 Å². The van der Waals surface area contributed by atoms with Crippen LogP contribution in [0.4, 0.5) is 16.3 Å². The van der Waals surface area contributed by atoms with Crippen LogP contribution in [-0.2, 0) is 9.47 Å². The number of nitrogens with one attached hydrogen (secondary N) is 1. The van der Waals surface area contributed by atoms with Gasteiger partial charge in [0.25, 0.3) is 5.88 Å². The summed E-state index contributed by atoms with van der Waals surface area (Å²) in [7, 11) is 1.53. The maximum Gasteiger partial charge on any atom is 0.410 e. The van der Waals surface area contributed by atoms with Crippen molar-refractivity contribution < 1.29 is 23.7 Å². The topological polar surface area (TPSA) is 126 Å². The van der Waals surface area contributed by atoms with Crippen LogP contribution in [-0.4, -0.2) is 80.3 Å². The molecule has 37 heavy (non-hydrogen) atoms. The molecule has 3 fully saturated rings. The fraction of sp³-hybridized carbons (Fsp3) is 0.458. The predicted octanol–water partition coefficient (Wildman–Crippen LogP) is 3.37. The molecule has 3 aliphatic rings. The third-order valence-electron chi connectivity index (χ3n) is 6.62. The summed E-state index contributed by atoms with van der Waals surface area (Å²) in [5.74, 6) is 1.08. The van der Waals surface area contributed by atoms with Crippen LogP contribution in [0.3, 0.4) is 0 Å². The van der Waals surface area contributed by atoms with Crippen molar-refractivity contribution in [1.29, 1.82) is 0 Å². The lowest BCUT2D eigenvalue weighted by atomic mass is 9.92. The largest absolute Gasteiger partial charge is 0.489 e. The molecule has 13 heteroatoms. The Kier molecular flexibility index (Phi) is 6.43. The van der Waals surface area contributed by atoms with Gasteiger partial charge < -0.3 is 24.3 Å². The number of aromatic nitrogens is 5. The second-order valence-electron chi connectivity index (χ2n) is 9.24. The number of carbonyl (C=O) groups excluding carboxylic acids is 1. The smallest absolute Gasteiger partial charge is 0.410 e. The molecule has 0 radical (unpaired) electrons. The van der Waals surface area contributed by atoms with Gasteiger partial charge in [-0.25, -0.2) is 19.4 Å². The highest BCUT2D eigenvalue weighted by atomic mass is 35.5. The van der Waals surface area contributed by atoms with E-state index >= 15 is 0 Å². The molecule has 1 N–H and O–H groups in total. The van der Waals surface area contributed by atoms with Gasteiger partial charge in [0.1, 0.15) is 31.2 Å². The molecule has 2 bridgehead atoms. The summed E-state index contributed by atoms with van der Waals surface area (Å²) in [6.45, 7) is 0.903. The first-order valence-electron chi connectivity index (χ1n) is 12.1. The molecule has 1 amide bonds. The Morgan fingerprint density at radius 1 is 1.14 bits per heavy atom. The number of anilines is 2. The van der Waals surface area contributed by atoms with Crippen molar-refractivity contribution in [2.24, 2.45) is 0 Å². The molecule has 0 spiro atoms. The number of nitrogens with zero attached hydrogens (tertiary/aromatic N) is 6. The van der Waals surface area contributed by atoms with E-state index in [1.807, 2.05) is 17.0 Å². The number of carbonyl (C=O) groups is 1. The zero-order valence-corrected chi connectivity index (χ0v) is 20.9. The van der Waals surface area contributed by atoms with E-state index in [2.05, 4.69) is 25.4 Å². The van der Waals surface area contributed by atoms with Gasteiger partial charge in [0.15, 0.2) is 5.82 Å². The average molecular weight is 528 g/mol. The molecule has 6 rings (SSSR count). The number of rotatable bonds is 7. The monoisotopic (exact) mass is 527 g/mol. The standard InChI is InChI=1S/C24H26ClN7O5/c1-34-21-22(30-20-5-2-14(8-19(20)25)31-13-26-11-29-31)27-12-28-23(21)36-18-6-15-9-35-10-16(7-18)32(15)24(33)37-17-3-4-17/h2,5,8,11-13,15-18H,3-4,6-7,9-10H2,1H3,(H,27,28,30). The fourth-order valence-electron chi connectivity index (χ4n) is 4.74. The Bertz CT molecular complexity index is 1260. The average Bonchev–Trinajstić information content (AvgIpc) is 3.52. The van der Waals surface area contributed by atoms with Gasteiger partial charge in [0.2, 0.25) is 5.75 Å². The molecule has 2 saturated heterocycles. The number of hydrogen-bond donors (Lipinski definition) is 1. The lowest BCUT2D eigenvalue weighted by molar-refractivity contribution is -0.0916. The molecule has 3 aromatic rings. The number of methoxy groups -OCH3 is 1. The fourth-order valence-corrected chi connectivity index (χ4v) is 4.96. The van der Waals surface area contributed by atoms with E-state index in [4.69, 9.17) is 30.5 Å². The van der Waals surface area contributed by atoms with E-state index < -0.39 is 0 Å². The molecule has 2 aliphatic heterocycles. The molecular formula is C24H26ClN7O5. The molecule has 194 valence electrons. The van der Waals surface area contributed by atoms with Crippen LogP contribution in [0.2, 0.25) is 5.02 Å². The highest BCUT2D eigenvalue weighted by Crippen LogP contribution is 2.38. The SMILES string of the molecule is COc1c(Nc2ccc(-n3cncn3)cc2Cl)ncnc1OC1CC2COCC(C1)N2C(=O)OC1CC1. The zero-order chi connectivity index (χ0) is 25.4. The lowest BCUT2D eigenvalue weighted by Crippen LogP contribution is -2.61. The maximum absolute atomic E-state index is 12.7. The second-order valence-corrected chi connectivity index (χ2v) is 9.64. The minimum Gasteiger partial charge on any atom is -0.489 e. The van der Waals surface area contributed by atoms with E-state index in [9.17, 15) is 4.79 Å². The van der Waals surface area contributed by atoms with Crippen LogP contribution in [0, 0.1) is 0 Å². The number of amides is 1. The normalized spacial score (nSPS) is 22.9. The summed E-state index contributed by atoms with van der Waals surface area (Å²) in [6.07, 6.45) is 7.17. The van der Waals surface area contributed by atoms with Crippen molar-refractivity contribution in [2.45, 2.75) is 50.0 Å². The maximum atomic E-state index is 12.7. The molecule has 1 aromatic carbocycles. The number of fused-ring (bicyclic) bond motifs is 2. The molecule has 1 aliphatic carbocycles. The number of morpholine rings is 1. The Hall–Kier alpha value is -3.64. The minimum atomic E-state index is -0.253. The Morgan fingerprint density at radius 2 is 1.95 bits per heavy atom. The molecule has 4 heterocycles. The summed E-state index contributed by atoms with van der Waals surface area (Å²) in [4.78, 5) is 27.1. The second kappa shape index (κ2) is 10.0. The summed E-state index contributed by atoms with van der Waals surface area (Å²) in [5, 5.41) is 7.79. The van der Waals surface area contributed by atoms with Crippen LogP contribution < -0.4 is 14.8 Å². The quantitative estimate of drug-likeness (QED) is 0.488. The summed E-state index contributed by atoms with van der Waals surface area (Å²) in [5.41, 5.74) is 1.40. The molecule has 2 atom stereocenters. The van der Waals surface area contributed by atoms with Gasteiger partial charge in [-0.15, -0.1) is 0 Å². The van der Waals surface area contributed by atoms with Crippen molar-refractivity contribution in [3.8, 4) is 17.3 Å². The van der Waals surface area contributed by atoms with E-state index in [1.165, 1.54) is 19.8 Å². The zero-order valence-electron chi connectivity index (χ0n) is 20.1. The van der Waals surface area contributed by atoms with Gasteiger partial charge in [-0.2, -0.15) is 10.1 Å². The van der Waals surface area contributed by atoms with Crippen LogP contribution in [0.15, 0.2) is 37.2 Å². The van der Waals surface area contributed by atoms with Gasteiger partial charge >= 0.3 is 6.09 Å². The number of benzene rings is 1. The first-order valence-corrected chi connectivity index (χ1v) is 12.5. The van der Waals surface area contributed by atoms with Gasteiger partial charge in [-0.05, 0) is 31.0 Å². The molecule has 2 aromatic heterocycles. The number of hydrogen-bond acceptors (Lipinski definition) is 10. The molecule has 12 nitrogen and oxygen atoms in total. The van der Waals surface area contributed by atoms with Crippen LogP contribution in [0.1, 0.15) is 25.7 Å². The highest BCUT2D eigenvalue weighted by molar-refractivity contribution is 6.33. The third-order valence-corrected chi connectivity index (χ3v) is 6.94. The number of halogens is 1. The van der Waals surface area contributed by atoms with E-state index in [0.717, 1.165) is 18.5 Å². The Balaban J connectivity index is 1.17. The lowest BCUT2D eigenvalue weighted by Gasteiger charge is -2.47. The van der Waals surface area contributed by atoms with E-state index in [0.29, 0.717) is 54.2 Å². The Morgan fingerprint density at radius 3 is 2.62 bits per heavy atom. The number of ether oxygens (including phenoxy) is 4. The van der Waals surface area contributed by atoms with Crippen molar-refractivity contribution in [3.05, 3.63) is 42.2 Å². The molecule has 1 saturated carbocycles. The van der Waals surface area contributed by atoms with Gasteiger partial charge in [-0.1, -0.05) is 11.6 Å². The highest BCUT2D eigenvalue weighted by Gasteiger charge is 2.45. The predicted molar refractivity (Wildman–Crippen MR) is 132 cm³/mol. The van der Waals surface area contributed by atoms with Crippen molar-refractivity contribution in [2.75, 3.05) is 25.6 Å². The summed E-state index contributed by atoms with van der Waals surface area (Å²) in [6, 6.07) is 5.22. The molecular weight excluding hydrogens is 502 g/mol. The van der Waals surface area contributed by atoms with Crippen molar-refractivity contribution in [3.63, 3.8) is 0 Å². The molecule has 2 unspecified atom stereocenters. The van der Waals surface area contributed by atoms with Crippen molar-refractivity contribution in [1.82, 2.24) is 29.6 Å². The minimum absolute atomic E-state index is 0.0617. The summed E-state index contributed by atoms with van der Waals surface area (Å²) < 4.78 is 24.8.